The highest BCUT2D eigenvalue weighted by molar-refractivity contribution is 6.99. The summed E-state index contributed by atoms with van der Waals surface area (Å²) in [5.74, 6) is -0.275. The number of esters is 1. The highest BCUT2D eigenvalue weighted by Crippen LogP contribution is 2.36. The third kappa shape index (κ3) is 4.71. The number of hydrogen-bond acceptors (Lipinski definition) is 3. The summed E-state index contributed by atoms with van der Waals surface area (Å²) in [4.78, 5) is 10.9. The van der Waals surface area contributed by atoms with Crippen LogP contribution in [0, 0.1) is 0 Å². The van der Waals surface area contributed by atoms with Gasteiger partial charge in [-0.3, -0.25) is 4.79 Å². The van der Waals surface area contributed by atoms with Crippen LogP contribution in [-0.2, 0) is 14.0 Å². The lowest BCUT2D eigenvalue weighted by Crippen LogP contribution is -2.66. The first kappa shape index (κ1) is 20.1. The summed E-state index contributed by atoms with van der Waals surface area (Å²) in [6.45, 7) is 8.92. The number of hydrogen-bond donors (Lipinski definition) is 0. The molecule has 0 aliphatic heterocycles. The van der Waals surface area contributed by atoms with E-state index in [9.17, 15) is 4.79 Å². The second-order valence-corrected chi connectivity index (χ2v) is 11.6. The molecule has 0 radical (unpaired) electrons. The molecule has 138 valence electrons. The van der Waals surface area contributed by atoms with Crippen LogP contribution in [0.3, 0.4) is 0 Å². The number of carbonyl (C=O) groups is 1. The van der Waals surface area contributed by atoms with Gasteiger partial charge in [0.15, 0.2) is 0 Å². The van der Waals surface area contributed by atoms with Crippen LogP contribution in [0.15, 0.2) is 72.8 Å². The second kappa shape index (κ2) is 8.97. The van der Waals surface area contributed by atoms with E-state index >= 15 is 0 Å². The summed E-state index contributed by atoms with van der Waals surface area (Å²) in [5, 5.41) is 2.47. The SMILES string of the molecule is CC(=O)OC/C=C/CO[Si](c1ccccc1)(c1ccccc1)C(C)(C)C. The van der Waals surface area contributed by atoms with Gasteiger partial charge in [0.05, 0.1) is 6.61 Å². The highest BCUT2D eigenvalue weighted by atomic mass is 28.4. The Morgan fingerprint density at radius 2 is 1.35 bits per heavy atom. The fourth-order valence-electron chi connectivity index (χ4n) is 3.24. The summed E-state index contributed by atoms with van der Waals surface area (Å²) in [7, 11) is -2.49. The first-order chi connectivity index (χ1) is 12.4. The number of carbonyl (C=O) groups excluding carboxylic acids is 1. The van der Waals surface area contributed by atoms with Gasteiger partial charge in [-0.25, -0.2) is 0 Å². The van der Waals surface area contributed by atoms with Gasteiger partial charge in [-0.15, -0.1) is 0 Å². The van der Waals surface area contributed by atoms with Gasteiger partial charge in [0.25, 0.3) is 8.32 Å². The molecule has 2 rings (SSSR count). The van der Waals surface area contributed by atoms with Gasteiger partial charge in [0.2, 0.25) is 0 Å². The number of ether oxygens (including phenoxy) is 1. The zero-order chi connectivity index (χ0) is 19.0. The van der Waals surface area contributed by atoms with Crippen molar-refractivity contribution in [2.75, 3.05) is 13.2 Å². The van der Waals surface area contributed by atoms with E-state index in [2.05, 4.69) is 69.3 Å². The molecule has 0 spiro atoms. The van der Waals surface area contributed by atoms with Gasteiger partial charge in [-0.05, 0) is 21.5 Å². The molecule has 0 saturated heterocycles. The van der Waals surface area contributed by atoms with Crippen molar-refractivity contribution in [3.8, 4) is 0 Å². The standard InChI is InChI=1S/C22H28O3Si/c1-19(23)24-17-11-12-18-25-26(22(2,3)4,20-13-7-5-8-14-20)21-15-9-6-10-16-21/h5-16H,17-18H2,1-4H3/b12-11+. The lowest BCUT2D eigenvalue weighted by atomic mass is 10.2. The summed E-state index contributed by atoms with van der Waals surface area (Å²) >= 11 is 0. The van der Waals surface area contributed by atoms with Crippen molar-refractivity contribution in [1.82, 2.24) is 0 Å². The van der Waals surface area contributed by atoms with Crippen molar-refractivity contribution in [2.45, 2.75) is 32.7 Å². The molecule has 0 atom stereocenters. The van der Waals surface area contributed by atoms with Gasteiger partial charge in [-0.2, -0.15) is 0 Å². The van der Waals surface area contributed by atoms with Crippen molar-refractivity contribution in [1.29, 1.82) is 0 Å². The molecule has 0 N–H and O–H groups in total. The van der Waals surface area contributed by atoms with E-state index in [0.717, 1.165) is 0 Å². The van der Waals surface area contributed by atoms with Crippen LogP contribution in [0.4, 0.5) is 0 Å². The molecule has 26 heavy (non-hydrogen) atoms. The first-order valence-electron chi connectivity index (χ1n) is 8.91. The predicted molar refractivity (Wildman–Crippen MR) is 109 cm³/mol. The fraction of sp³-hybridized carbons (Fsp3) is 0.318. The maximum atomic E-state index is 10.9. The Morgan fingerprint density at radius 3 is 1.77 bits per heavy atom. The molecule has 0 heterocycles. The second-order valence-electron chi connectivity index (χ2n) is 7.25. The summed E-state index contributed by atoms with van der Waals surface area (Å²) in [6, 6.07) is 21.1. The molecule has 2 aromatic carbocycles. The smallest absolute Gasteiger partial charge is 0.302 e. The van der Waals surface area contributed by atoms with Gasteiger partial charge >= 0.3 is 5.97 Å². The molecule has 0 unspecified atom stereocenters. The van der Waals surface area contributed by atoms with Crippen LogP contribution in [0.1, 0.15) is 27.7 Å². The Morgan fingerprint density at radius 1 is 0.885 bits per heavy atom. The minimum absolute atomic E-state index is 0.0422. The Kier molecular flexibility index (Phi) is 6.95. The quantitative estimate of drug-likeness (QED) is 0.425. The van der Waals surface area contributed by atoms with E-state index in [-0.39, 0.29) is 17.6 Å². The molecular weight excluding hydrogens is 340 g/mol. The first-order valence-corrected chi connectivity index (χ1v) is 10.8. The zero-order valence-corrected chi connectivity index (χ0v) is 17.1. The van der Waals surface area contributed by atoms with Crippen LogP contribution in [0.5, 0.6) is 0 Å². The third-order valence-corrected chi connectivity index (χ3v) is 9.37. The number of benzene rings is 2. The summed E-state index contributed by atoms with van der Waals surface area (Å²) < 4.78 is 11.6. The maximum Gasteiger partial charge on any atom is 0.302 e. The largest absolute Gasteiger partial charge is 0.462 e. The van der Waals surface area contributed by atoms with Crippen LogP contribution < -0.4 is 10.4 Å². The molecular formula is C22H28O3Si. The van der Waals surface area contributed by atoms with Crippen molar-refractivity contribution in [3.05, 3.63) is 72.8 Å². The molecule has 0 amide bonds. The Hall–Kier alpha value is -2.17. The number of rotatable bonds is 7. The predicted octanol–water partition coefficient (Wildman–Crippen LogP) is 3.68. The van der Waals surface area contributed by atoms with Crippen molar-refractivity contribution >= 4 is 24.7 Å². The molecule has 0 aromatic heterocycles. The topological polar surface area (TPSA) is 35.5 Å². The normalized spacial score (nSPS) is 12.3. The average molecular weight is 369 g/mol. The molecule has 0 aliphatic rings. The fourth-order valence-corrected chi connectivity index (χ4v) is 7.74. The van der Waals surface area contributed by atoms with Crippen LogP contribution >= 0.6 is 0 Å². The van der Waals surface area contributed by atoms with Crippen molar-refractivity contribution in [2.24, 2.45) is 0 Å². The van der Waals surface area contributed by atoms with E-state index in [4.69, 9.17) is 9.16 Å². The molecule has 0 aliphatic carbocycles. The van der Waals surface area contributed by atoms with E-state index in [1.807, 2.05) is 24.3 Å². The van der Waals surface area contributed by atoms with Crippen LogP contribution in [0.25, 0.3) is 0 Å². The molecule has 2 aromatic rings. The minimum Gasteiger partial charge on any atom is -0.462 e. The van der Waals surface area contributed by atoms with Crippen LogP contribution in [-0.4, -0.2) is 27.5 Å². The van der Waals surface area contributed by atoms with E-state index in [1.165, 1.54) is 17.3 Å². The Bertz CT molecular complexity index is 679. The molecule has 3 nitrogen and oxygen atoms in total. The minimum atomic E-state index is -2.49. The van der Waals surface area contributed by atoms with E-state index in [0.29, 0.717) is 6.61 Å². The van der Waals surface area contributed by atoms with Gasteiger partial charge in [0.1, 0.15) is 6.61 Å². The van der Waals surface area contributed by atoms with Gasteiger partial charge in [0, 0.05) is 6.92 Å². The zero-order valence-electron chi connectivity index (χ0n) is 16.1. The maximum absolute atomic E-state index is 10.9. The lowest BCUT2D eigenvalue weighted by Gasteiger charge is -2.42. The van der Waals surface area contributed by atoms with Crippen LogP contribution in [0.2, 0.25) is 5.04 Å². The third-order valence-electron chi connectivity index (χ3n) is 4.36. The lowest BCUT2D eigenvalue weighted by molar-refractivity contribution is -0.139. The average Bonchev–Trinajstić information content (AvgIpc) is 2.61. The van der Waals surface area contributed by atoms with Gasteiger partial charge < -0.3 is 9.16 Å². The molecule has 0 bridgehead atoms. The van der Waals surface area contributed by atoms with Gasteiger partial charge in [-0.1, -0.05) is 87.5 Å². The van der Waals surface area contributed by atoms with Crippen molar-refractivity contribution < 1.29 is 14.0 Å². The summed E-state index contributed by atoms with van der Waals surface area (Å²) in [6.07, 6.45) is 3.77. The van der Waals surface area contributed by atoms with E-state index in [1.54, 1.807) is 0 Å². The summed E-state index contributed by atoms with van der Waals surface area (Å²) in [5.41, 5.74) is 0. The van der Waals surface area contributed by atoms with Crippen molar-refractivity contribution in [3.63, 3.8) is 0 Å². The molecule has 0 fully saturated rings. The Labute approximate surface area is 157 Å². The Balaban J connectivity index is 2.36. The monoisotopic (exact) mass is 368 g/mol. The molecule has 4 heteroatoms. The van der Waals surface area contributed by atoms with E-state index < -0.39 is 8.32 Å². The highest BCUT2D eigenvalue weighted by Gasteiger charge is 2.49. The molecule has 0 saturated carbocycles.